The van der Waals surface area contributed by atoms with Crippen LogP contribution in [0.3, 0.4) is 0 Å². The van der Waals surface area contributed by atoms with Crippen molar-refractivity contribution in [2.75, 3.05) is 6.54 Å². The predicted molar refractivity (Wildman–Crippen MR) is 88.6 cm³/mol. The summed E-state index contributed by atoms with van der Waals surface area (Å²) in [6, 6.07) is 9.10. The third kappa shape index (κ3) is 4.40. The monoisotopic (exact) mass is 377 g/mol. The number of halogens is 3. The summed E-state index contributed by atoms with van der Waals surface area (Å²) < 4.78 is 39.2. The zero-order valence-corrected chi connectivity index (χ0v) is 13.8. The fourth-order valence-electron chi connectivity index (χ4n) is 2.32. The summed E-state index contributed by atoms with van der Waals surface area (Å²) in [5.74, 6) is -0.595. The summed E-state index contributed by atoms with van der Waals surface area (Å²) >= 11 is 0. The van der Waals surface area contributed by atoms with E-state index in [-0.39, 0.29) is 18.7 Å². The van der Waals surface area contributed by atoms with E-state index in [0.29, 0.717) is 11.5 Å². The summed E-state index contributed by atoms with van der Waals surface area (Å²) in [6.45, 7) is -0.212. The third-order valence-electron chi connectivity index (χ3n) is 3.71. The van der Waals surface area contributed by atoms with Crippen LogP contribution < -0.4 is 10.6 Å². The van der Waals surface area contributed by atoms with Gasteiger partial charge in [0.15, 0.2) is 11.5 Å². The van der Waals surface area contributed by atoms with Gasteiger partial charge in [0.1, 0.15) is 0 Å². The van der Waals surface area contributed by atoms with Crippen LogP contribution in [0.5, 0.6) is 0 Å². The smallest absolute Gasteiger partial charge is 0.347 e. The highest BCUT2D eigenvalue weighted by Crippen LogP contribution is 2.29. The molecule has 0 saturated carbocycles. The van der Waals surface area contributed by atoms with Gasteiger partial charge in [-0.15, -0.1) is 10.2 Å². The molecule has 0 aliphatic carbocycles. The maximum atomic E-state index is 12.5. The Morgan fingerprint density at radius 3 is 2.44 bits per heavy atom. The topological polar surface area (TPSA) is 88.4 Å². The van der Waals surface area contributed by atoms with Crippen molar-refractivity contribution < 1.29 is 22.8 Å². The number of amides is 2. The summed E-state index contributed by atoms with van der Waals surface area (Å²) in [7, 11) is 0. The molecule has 3 rings (SSSR count). The van der Waals surface area contributed by atoms with Gasteiger partial charge in [0.05, 0.1) is 18.7 Å². The molecule has 0 radical (unpaired) electrons. The number of hydrogen-bond donors (Lipinski definition) is 2. The summed E-state index contributed by atoms with van der Waals surface area (Å²) in [5.41, 5.74) is -0.186. The largest absolute Gasteiger partial charge is 0.416 e. The van der Waals surface area contributed by atoms with E-state index < -0.39 is 23.6 Å². The van der Waals surface area contributed by atoms with Crippen LogP contribution in [0.1, 0.15) is 21.7 Å². The zero-order valence-electron chi connectivity index (χ0n) is 13.8. The van der Waals surface area contributed by atoms with Gasteiger partial charge in [0.25, 0.3) is 5.91 Å². The van der Waals surface area contributed by atoms with E-state index in [1.807, 2.05) is 6.07 Å². The van der Waals surface area contributed by atoms with Gasteiger partial charge in [-0.3, -0.25) is 14.0 Å². The lowest BCUT2D eigenvalue weighted by Crippen LogP contribution is -2.36. The molecule has 2 N–H and O–H groups in total. The van der Waals surface area contributed by atoms with Crippen LogP contribution in [0.2, 0.25) is 0 Å². The van der Waals surface area contributed by atoms with Gasteiger partial charge < -0.3 is 10.6 Å². The molecule has 0 fully saturated rings. The highest BCUT2D eigenvalue weighted by molar-refractivity contribution is 5.96. The van der Waals surface area contributed by atoms with Crippen LogP contribution in [0, 0.1) is 0 Å². The Morgan fingerprint density at radius 2 is 1.74 bits per heavy atom. The first-order valence-electron chi connectivity index (χ1n) is 7.85. The Labute approximate surface area is 151 Å². The van der Waals surface area contributed by atoms with Crippen LogP contribution in [0.15, 0.2) is 48.7 Å². The Morgan fingerprint density at radius 1 is 1.00 bits per heavy atom. The number of benzene rings is 1. The first-order chi connectivity index (χ1) is 12.8. The highest BCUT2D eigenvalue weighted by atomic mass is 19.4. The number of pyridine rings is 1. The van der Waals surface area contributed by atoms with Gasteiger partial charge in [-0.1, -0.05) is 6.07 Å². The minimum atomic E-state index is -4.47. The molecule has 0 unspecified atom stereocenters. The van der Waals surface area contributed by atoms with Crippen molar-refractivity contribution in [1.82, 2.24) is 25.2 Å². The average Bonchev–Trinajstić information content (AvgIpc) is 3.07. The molecule has 0 atom stereocenters. The average molecular weight is 377 g/mol. The molecule has 7 nitrogen and oxygen atoms in total. The summed E-state index contributed by atoms with van der Waals surface area (Å²) in [6.07, 6.45) is -2.72. The quantitative estimate of drug-likeness (QED) is 0.710. The fourth-order valence-corrected chi connectivity index (χ4v) is 2.32. The maximum absolute atomic E-state index is 12.5. The second-order valence-corrected chi connectivity index (χ2v) is 5.58. The molecule has 1 aromatic carbocycles. The first kappa shape index (κ1) is 18.4. The molecule has 0 bridgehead atoms. The van der Waals surface area contributed by atoms with E-state index in [2.05, 4.69) is 20.8 Å². The summed E-state index contributed by atoms with van der Waals surface area (Å²) in [5, 5.41) is 12.8. The lowest BCUT2D eigenvalue weighted by Gasteiger charge is -2.08. The molecule has 2 amide bonds. The van der Waals surface area contributed by atoms with Crippen molar-refractivity contribution in [3.05, 3.63) is 65.6 Å². The number of fused-ring (bicyclic) bond motifs is 1. The molecule has 0 aliphatic rings. The number of rotatable bonds is 5. The zero-order chi connectivity index (χ0) is 19.4. The fraction of sp³-hybridized carbons (Fsp3) is 0.176. The number of nitrogens with one attached hydrogen (secondary N) is 2. The van der Waals surface area contributed by atoms with Crippen molar-refractivity contribution >= 4 is 17.5 Å². The number of carbonyl (C=O) groups is 2. The Balaban J connectivity index is 1.50. The first-order valence-corrected chi connectivity index (χ1v) is 7.85. The lowest BCUT2D eigenvalue weighted by molar-refractivity contribution is -0.137. The number of aromatic nitrogens is 3. The Bertz CT molecular complexity index is 967. The van der Waals surface area contributed by atoms with Gasteiger partial charge in [-0.2, -0.15) is 13.2 Å². The van der Waals surface area contributed by atoms with Crippen molar-refractivity contribution in [2.24, 2.45) is 0 Å². The molecular formula is C17H14F3N5O2. The van der Waals surface area contributed by atoms with Gasteiger partial charge in [-0.25, -0.2) is 0 Å². The van der Waals surface area contributed by atoms with Crippen LogP contribution in [-0.4, -0.2) is 33.0 Å². The molecule has 27 heavy (non-hydrogen) atoms. The van der Waals surface area contributed by atoms with Crippen molar-refractivity contribution in [2.45, 2.75) is 12.7 Å². The van der Waals surface area contributed by atoms with Crippen molar-refractivity contribution in [3.63, 3.8) is 0 Å². The molecule has 2 heterocycles. The Kier molecular flexibility index (Phi) is 5.06. The van der Waals surface area contributed by atoms with Gasteiger partial charge in [0, 0.05) is 11.8 Å². The molecule has 140 valence electrons. The van der Waals surface area contributed by atoms with Crippen LogP contribution in [0.4, 0.5) is 13.2 Å². The second-order valence-electron chi connectivity index (χ2n) is 5.58. The molecular weight excluding hydrogens is 363 g/mol. The van der Waals surface area contributed by atoms with E-state index in [1.54, 1.807) is 22.7 Å². The standard InChI is InChI=1S/C17H14F3N5O2/c18-17(19,20)12-6-4-11(5-7-12)16(27)22-10-15(26)21-9-14-24-23-13-3-1-2-8-25(13)14/h1-8H,9-10H2,(H,21,26)(H,22,27). The van der Waals surface area contributed by atoms with Crippen molar-refractivity contribution in [1.29, 1.82) is 0 Å². The number of hydrogen-bond acceptors (Lipinski definition) is 4. The van der Waals surface area contributed by atoms with Crippen LogP contribution >= 0.6 is 0 Å². The molecule has 0 saturated heterocycles. The van der Waals surface area contributed by atoms with Gasteiger partial charge >= 0.3 is 6.18 Å². The number of alkyl halides is 3. The lowest BCUT2D eigenvalue weighted by atomic mass is 10.1. The normalized spacial score (nSPS) is 11.4. The molecule has 3 aromatic rings. The van der Waals surface area contributed by atoms with E-state index in [4.69, 9.17) is 0 Å². The highest BCUT2D eigenvalue weighted by Gasteiger charge is 2.30. The molecule has 0 spiro atoms. The third-order valence-corrected chi connectivity index (χ3v) is 3.71. The maximum Gasteiger partial charge on any atom is 0.416 e. The van der Waals surface area contributed by atoms with E-state index in [9.17, 15) is 22.8 Å². The molecule has 2 aromatic heterocycles. The minimum Gasteiger partial charge on any atom is -0.347 e. The van der Waals surface area contributed by atoms with Crippen molar-refractivity contribution in [3.8, 4) is 0 Å². The number of nitrogens with zero attached hydrogens (tertiary/aromatic N) is 3. The van der Waals surface area contributed by atoms with Gasteiger partial charge in [-0.05, 0) is 36.4 Å². The summed E-state index contributed by atoms with van der Waals surface area (Å²) in [4.78, 5) is 23.8. The number of carbonyl (C=O) groups excluding carboxylic acids is 2. The van der Waals surface area contributed by atoms with E-state index >= 15 is 0 Å². The predicted octanol–water partition coefficient (Wildman–Crippen LogP) is 1.79. The van der Waals surface area contributed by atoms with E-state index in [0.717, 1.165) is 24.3 Å². The van der Waals surface area contributed by atoms with E-state index in [1.165, 1.54) is 0 Å². The second kappa shape index (κ2) is 7.44. The molecule has 10 heteroatoms. The minimum absolute atomic E-state index is 0.0271. The van der Waals surface area contributed by atoms with Crippen LogP contribution in [-0.2, 0) is 17.5 Å². The van der Waals surface area contributed by atoms with Gasteiger partial charge in [0.2, 0.25) is 5.91 Å². The Hall–Kier alpha value is -3.43. The molecule has 0 aliphatic heterocycles. The SMILES string of the molecule is O=C(CNC(=O)c1ccc(C(F)(F)F)cc1)NCc1nnc2ccccn12. The van der Waals surface area contributed by atoms with Crippen LogP contribution in [0.25, 0.3) is 5.65 Å².